The molecule has 3 aliphatic carbocycles. The highest BCUT2D eigenvalue weighted by Crippen LogP contribution is 2.55. The second kappa shape index (κ2) is 5.87. The fourth-order valence-corrected chi connectivity index (χ4v) is 4.23. The van der Waals surface area contributed by atoms with Crippen molar-refractivity contribution in [2.75, 3.05) is 0 Å². The molecular formula is C18H23NO4. The monoisotopic (exact) mass is 317 g/mol. The minimum Gasteiger partial charge on any atom is -0.481 e. The Balaban J connectivity index is 1.58. The molecule has 1 amide bonds. The molecule has 0 aliphatic heterocycles. The highest BCUT2D eigenvalue weighted by molar-refractivity contribution is 5.76. The van der Waals surface area contributed by atoms with Gasteiger partial charge in [-0.25, -0.2) is 4.79 Å². The predicted molar refractivity (Wildman–Crippen MR) is 84.8 cm³/mol. The molecular weight excluding hydrogens is 294 g/mol. The Morgan fingerprint density at radius 3 is 2.43 bits per heavy atom. The number of carbonyl (C=O) groups excluding carboxylic acids is 1. The van der Waals surface area contributed by atoms with Crippen molar-refractivity contribution in [1.82, 2.24) is 5.32 Å². The predicted octanol–water partition coefficient (Wildman–Crippen LogP) is 3.34. The number of benzene rings is 1. The zero-order valence-corrected chi connectivity index (χ0v) is 13.4. The third-order valence-electron chi connectivity index (χ3n) is 5.75. The average molecular weight is 317 g/mol. The van der Waals surface area contributed by atoms with E-state index in [0.717, 1.165) is 5.56 Å². The van der Waals surface area contributed by atoms with Crippen molar-refractivity contribution in [2.45, 2.75) is 51.2 Å². The highest BCUT2D eigenvalue weighted by Gasteiger charge is 2.57. The molecule has 2 bridgehead atoms. The van der Waals surface area contributed by atoms with Crippen molar-refractivity contribution in [3.63, 3.8) is 0 Å². The number of aliphatic carboxylic acids is 1. The number of fused-ring (bicyclic) bond motifs is 3. The van der Waals surface area contributed by atoms with Crippen molar-refractivity contribution in [3.8, 4) is 0 Å². The van der Waals surface area contributed by atoms with E-state index in [1.165, 1.54) is 0 Å². The Hall–Kier alpha value is -2.04. The number of carboxylic acids is 1. The van der Waals surface area contributed by atoms with E-state index in [4.69, 9.17) is 4.74 Å². The number of carbonyl (C=O) groups is 2. The lowest BCUT2D eigenvalue weighted by atomic mass is 9.52. The quantitative estimate of drug-likeness (QED) is 0.893. The third-order valence-corrected chi connectivity index (χ3v) is 5.75. The summed E-state index contributed by atoms with van der Waals surface area (Å²) in [4.78, 5) is 23.8. The molecule has 1 unspecified atom stereocenters. The first-order valence-corrected chi connectivity index (χ1v) is 8.18. The van der Waals surface area contributed by atoms with Gasteiger partial charge in [-0.2, -0.15) is 0 Å². The molecule has 3 fully saturated rings. The van der Waals surface area contributed by atoms with Crippen LogP contribution in [0.2, 0.25) is 0 Å². The molecule has 5 heteroatoms. The van der Waals surface area contributed by atoms with Gasteiger partial charge in [-0.3, -0.25) is 4.79 Å². The van der Waals surface area contributed by atoms with Crippen LogP contribution < -0.4 is 5.32 Å². The van der Waals surface area contributed by atoms with Gasteiger partial charge in [0.25, 0.3) is 0 Å². The standard InChI is InChI=1S/C18H23NO4/c1-13-11-17(7-9-18(13,10-8-17)15(20)21)19-16(22)23-12-14-5-3-2-4-6-14/h2-6,13H,7-12H2,1H3,(H,19,22)(H,20,21). The van der Waals surface area contributed by atoms with Gasteiger partial charge in [-0.15, -0.1) is 0 Å². The average Bonchev–Trinajstić information content (AvgIpc) is 2.54. The summed E-state index contributed by atoms with van der Waals surface area (Å²) >= 11 is 0. The van der Waals surface area contributed by atoms with Crippen LogP contribution >= 0.6 is 0 Å². The topological polar surface area (TPSA) is 75.6 Å². The van der Waals surface area contributed by atoms with Gasteiger partial charge >= 0.3 is 12.1 Å². The number of hydrogen-bond acceptors (Lipinski definition) is 3. The maximum Gasteiger partial charge on any atom is 0.407 e. The van der Waals surface area contributed by atoms with Gasteiger partial charge in [-0.1, -0.05) is 37.3 Å². The van der Waals surface area contributed by atoms with Gasteiger partial charge in [-0.05, 0) is 43.6 Å². The molecule has 5 nitrogen and oxygen atoms in total. The minimum atomic E-state index is -0.690. The highest BCUT2D eigenvalue weighted by atomic mass is 16.5. The fourth-order valence-electron chi connectivity index (χ4n) is 4.23. The Kier molecular flexibility index (Phi) is 4.04. The molecule has 23 heavy (non-hydrogen) atoms. The molecule has 3 saturated carbocycles. The van der Waals surface area contributed by atoms with E-state index in [1.807, 2.05) is 37.3 Å². The van der Waals surface area contributed by atoms with Crippen LogP contribution in [0.15, 0.2) is 30.3 Å². The lowest BCUT2D eigenvalue weighted by Crippen LogP contribution is -2.61. The summed E-state index contributed by atoms with van der Waals surface area (Å²) in [6, 6.07) is 9.56. The zero-order chi connectivity index (χ0) is 16.5. The normalized spacial score (nSPS) is 32.3. The van der Waals surface area contributed by atoms with E-state index in [9.17, 15) is 14.7 Å². The molecule has 2 N–H and O–H groups in total. The number of carboxylic acid groups (broad SMARTS) is 1. The summed E-state index contributed by atoms with van der Waals surface area (Å²) in [7, 11) is 0. The molecule has 1 aromatic rings. The largest absolute Gasteiger partial charge is 0.481 e. The molecule has 0 saturated heterocycles. The molecule has 1 atom stereocenters. The van der Waals surface area contributed by atoms with E-state index in [-0.39, 0.29) is 18.1 Å². The lowest BCUT2D eigenvalue weighted by molar-refractivity contribution is -0.162. The first-order valence-electron chi connectivity index (χ1n) is 8.18. The molecule has 0 spiro atoms. The number of amides is 1. The third kappa shape index (κ3) is 2.92. The van der Waals surface area contributed by atoms with Crippen LogP contribution in [0.25, 0.3) is 0 Å². The molecule has 4 rings (SSSR count). The molecule has 0 aromatic heterocycles. The number of alkyl carbamates (subject to hydrolysis) is 1. The van der Waals surface area contributed by atoms with Crippen LogP contribution in [0.1, 0.15) is 44.6 Å². The van der Waals surface area contributed by atoms with Crippen LogP contribution in [-0.2, 0) is 16.1 Å². The fraction of sp³-hybridized carbons (Fsp3) is 0.556. The van der Waals surface area contributed by atoms with Crippen molar-refractivity contribution in [3.05, 3.63) is 35.9 Å². The summed E-state index contributed by atoms with van der Waals surface area (Å²) in [6.07, 6.45) is 2.98. The van der Waals surface area contributed by atoms with Crippen LogP contribution in [0.3, 0.4) is 0 Å². The SMILES string of the molecule is CC1CC2(NC(=O)OCc3ccccc3)CCC1(C(=O)O)CC2. The van der Waals surface area contributed by atoms with Crippen molar-refractivity contribution in [1.29, 1.82) is 0 Å². The van der Waals surface area contributed by atoms with Gasteiger partial charge < -0.3 is 15.2 Å². The number of hydrogen-bond donors (Lipinski definition) is 2. The Morgan fingerprint density at radius 1 is 1.22 bits per heavy atom. The number of nitrogens with one attached hydrogen (secondary N) is 1. The van der Waals surface area contributed by atoms with Gasteiger partial charge in [0.15, 0.2) is 0 Å². The molecule has 0 heterocycles. The van der Waals surface area contributed by atoms with E-state index in [1.54, 1.807) is 0 Å². The van der Waals surface area contributed by atoms with E-state index < -0.39 is 17.5 Å². The minimum absolute atomic E-state index is 0.0666. The van der Waals surface area contributed by atoms with E-state index in [2.05, 4.69) is 5.32 Å². The van der Waals surface area contributed by atoms with Gasteiger partial charge in [0, 0.05) is 5.54 Å². The van der Waals surface area contributed by atoms with Crippen LogP contribution in [0.5, 0.6) is 0 Å². The second-order valence-corrected chi connectivity index (χ2v) is 7.03. The molecule has 124 valence electrons. The van der Waals surface area contributed by atoms with E-state index in [0.29, 0.717) is 32.1 Å². The van der Waals surface area contributed by atoms with Gasteiger partial charge in [0.2, 0.25) is 0 Å². The van der Waals surface area contributed by atoms with Crippen molar-refractivity contribution < 1.29 is 19.4 Å². The first kappa shape index (κ1) is 15.8. The smallest absolute Gasteiger partial charge is 0.407 e. The number of rotatable bonds is 4. The Morgan fingerprint density at radius 2 is 1.87 bits per heavy atom. The summed E-state index contributed by atoms with van der Waals surface area (Å²) < 4.78 is 5.32. The summed E-state index contributed by atoms with van der Waals surface area (Å²) in [5.74, 6) is -0.623. The Bertz CT molecular complexity index is 590. The number of ether oxygens (including phenoxy) is 1. The molecule has 3 aliphatic rings. The summed E-state index contributed by atoms with van der Waals surface area (Å²) in [5.41, 5.74) is 0.0487. The summed E-state index contributed by atoms with van der Waals surface area (Å²) in [5, 5.41) is 12.6. The first-order chi connectivity index (χ1) is 11.0. The van der Waals surface area contributed by atoms with Crippen molar-refractivity contribution in [2.24, 2.45) is 11.3 Å². The zero-order valence-electron chi connectivity index (χ0n) is 13.4. The molecule has 0 radical (unpaired) electrons. The van der Waals surface area contributed by atoms with Gasteiger partial charge in [0.05, 0.1) is 5.41 Å². The summed E-state index contributed by atoms with van der Waals surface area (Å²) in [6.45, 7) is 2.23. The van der Waals surface area contributed by atoms with Crippen LogP contribution in [-0.4, -0.2) is 22.7 Å². The van der Waals surface area contributed by atoms with Crippen molar-refractivity contribution >= 4 is 12.1 Å². The van der Waals surface area contributed by atoms with Crippen LogP contribution in [0, 0.1) is 11.3 Å². The maximum absolute atomic E-state index is 12.1. The maximum atomic E-state index is 12.1. The molecule has 1 aromatic carbocycles. The van der Waals surface area contributed by atoms with Crippen LogP contribution in [0.4, 0.5) is 4.79 Å². The Labute approximate surface area is 136 Å². The second-order valence-electron chi connectivity index (χ2n) is 7.03. The lowest BCUT2D eigenvalue weighted by Gasteiger charge is -2.54. The van der Waals surface area contributed by atoms with Gasteiger partial charge in [0.1, 0.15) is 6.61 Å². The van der Waals surface area contributed by atoms with E-state index >= 15 is 0 Å².